The monoisotopic (exact) mass is 344 g/mol. The predicted octanol–water partition coefficient (Wildman–Crippen LogP) is 4.78. The van der Waals surface area contributed by atoms with Crippen molar-refractivity contribution in [1.82, 2.24) is 5.32 Å². The number of nitrogens with one attached hydrogen (secondary N) is 1. The molecule has 0 spiro atoms. The van der Waals surface area contributed by atoms with Crippen molar-refractivity contribution in [3.8, 4) is 6.07 Å². The number of hydrogen-bond acceptors (Lipinski definition) is 2. The average Bonchev–Trinajstić information content (AvgIpc) is 2.56. The van der Waals surface area contributed by atoms with E-state index in [9.17, 15) is 10.1 Å². The molecule has 1 unspecified atom stereocenters. The number of benzene rings is 2. The van der Waals surface area contributed by atoms with E-state index in [1.54, 1.807) is 18.2 Å². The zero-order valence-corrected chi connectivity index (χ0v) is 13.9. The summed E-state index contributed by atoms with van der Waals surface area (Å²) in [6, 6.07) is 16.2. The van der Waals surface area contributed by atoms with Crippen molar-refractivity contribution < 1.29 is 4.79 Å². The molecule has 0 heterocycles. The molecule has 1 atom stereocenters. The summed E-state index contributed by atoms with van der Waals surface area (Å²) in [6.07, 6.45) is 1.43. The quantitative estimate of drug-likeness (QED) is 0.641. The molecule has 0 aliphatic rings. The number of halogens is 2. The lowest BCUT2D eigenvalue weighted by Crippen LogP contribution is -2.27. The molecular formula is C18H14Cl2N2O. The van der Waals surface area contributed by atoms with Crippen molar-refractivity contribution in [2.75, 3.05) is 0 Å². The first-order valence-corrected chi connectivity index (χ1v) is 7.70. The Hall–Kier alpha value is -2.28. The van der Waals surface area contributed by atoms with Gasteiger partial charge in [0, 0.05) is 0 Å². The lowest BCUT2D eigenvalue weighted by molar-refractivity contribution is -0.117. The summed E-state index contributed by atoms with van der Waals surface area (Å²) in [5.74, 6) is -0.458. The van der Waals surface area contributed by atoms with Crippen LogP contribution in [0, 0.1) is 11.3 Å². The first-order valence-electron chi connectivity index (χ1n) is 6.94. The Bertz CT molecular complexity index is 779. The van der Waals surface area contributed by atoms with Gasteiger partial charge in [0.2, 0.25) is 0 Å². The summed E-state index contributed by atoms with van der Waals surface area (Å²) in [7, 11) is 0. The van der Waals surface area contributed by atoms with Crippen molar-refractivity contribution in [1.29, 1.82) is 5.26 Å². The molecule has 2 rings (SSSR count). The van der Waals surface area contributed by atoms with Gasteiger partial charge >= 0.3 is 0 Å². The van der Waals surface area contributed by atoms with E-state index in [2.05, 4.69) is 5.32 Å². The highest BCUT2D eigenvalue weighted by Crippen LogP contribution is 2.27. The highest BCUT2D eigenvalue weighted by Gasteiger charge is 2.14. The molecule has 1 amide bonds. The van der Waals surface area contributed by atoms with E-state index >= 15 is 0 Å². The zero-order chi connectivity index (χ0) is 16.8. The third-order valence-corrected chi connectivity index (χ3v) is 4.13. The van der Waals surface area contributed by atoms with E-state index in [1.165, 1.54) is 6.08 Å². The summed E-state index contributed by atoms with van der Waals surface area (Å²) in [5.41, 5.74) is 1.45. The fourth-order valence-electron chi connectivity index (χ4n) is 2.04. The number of amides is 1. The van der Waals surface area contributed by atoms with Crippen LogP contribution < -0.4 is 5.32 Å². The summed E-state index contributed by atoms with van der Waals surface area (Å²) in [5, 5.41) is 12.7. The summed E-state index contributed by atoms with van der Waals surface area (Å²) in [6.45, 7) is 1.86. The van der Waals surface area contributed by atoms with Crippen LogP contribution in [0.15, 0.2) is 54.1 Å². The maximum absolute atomic E-state index is 12.3. The van der Waals surface area contributed by atoms with Crippen LogP contribution in [0.5, 0.6) is 0 Å². The average molecular weight is 345 g/mol. The van der Waals surface area contributed by atoms with Crippen LogP contribution in [-0.4, -0.2) is 5.91 Å². The number of nitrogens with zero attached hydrogens (tertiary/aromatic N) is 1. The lowest BCUT2D eigenvalue weighted by atomic mass is 10.1. The smallest absolute Gasteiger partial charge is 0.262 e. The minimum Gasteiger partial charge on any atom is -0.345 e. The van der Waals surface area contributed by atoms with E-state index in [4.69, 9.17) is 23.2 Å². The van der Waals surface area contributed by atoms with E-state index in [0.717, 1.165) is 5.56 Å². The van der Waals surface area contributed by atoms with Crippen LogP contribution in [-0.2, 0) is 4.79 Å². The second kappa shape index (κ2) is 7.82. The van der Waals surface area contributed by atoms with Gasteiger partial charge in [-0.25, -0.2) is 0 Å². The van der Waals surface area contributed by atoms with Gasteiger partial charge in [0.05, 0.1) is 16.1 Å². The minimum absolute atomic E-state index is 0.0306. The number of nitriles is 1. The van der Waals surface area contributed by atoms with Gasteiger partial charge in [-0.1, -0.05) is 65.7 Å². The molecule has 0 saturated carbocycles. The third-order valence-electron chi connectivity index (χ3n) is 3.29. The number of carbonyl (C=O) groups excluding carboxylic acids is 1. The van der Waals surface area contributed by atoms with Crippen LogP contribution in [0.25, 0.3) is 6.08 Å². The Morgan fingerprint density at radius 2 is 1.87 bits per heavy atom. The fourth-order valence-corrected chi connectivity index (χ4v) is 2.40. The molecule has 3 nitrogen and oxygen atoms in total. The van der Waals surface area contributed by atoms with Gasteiger partial charge in [0.1, 0.15) is 11.6 Å². The largest absolute Gasteiger partial charge is 0.345 e. The van der Waals surface area contributed by atoms with Crippen LogP contribution >= 0.6 is 23.2 Å². The van der Waals surface area contributed by atoms with Crippen LogP contribution in [0.3, 0.4) is 0 Å². The molecule has 2 aromatic carbocycles. The van der Waals surface area contributed by atoms with Gasteiger partial charge in [-0.2, -0.15) is 5.26 Å². The molecule has 2 aromatic rings. The van der Waals surface area contributed by atoms with Crippen molar-refractivity contribution in [2.24, 2.45) is 0 Å². The first kappa shape index (κ1) is 17.1. The molecule has 116 valence electrons. The van der Waals surface area contributed by atoms with E-state index < -0.39 is 5.91 Å². The van der Waals surface area contributed by atoms with Gasteiger partial charge in [-0.3, -0.25) is 4.79 Å². The van der Waals surface area contributed by atoms with Crippen LogP contribution in [0.2, 0.25) is 10.0 Å². The van der Waals surface area contributed by atoms with Crippen molar-refractivity contribution in [2.45, 2.75) is 13.0 Å². The number of hydrogen-bond donors (Lipinski definition) is 1. The lowest BCUT2D eigenvalue weighted by Gasteiger charge is -2.13. The number of carbonyl (C=O) groups is 1. The SMILES string of the molecule is CC(NC(=O)/C(C#N)=C/c1cccc(Cl)c1Cl)c1ccccc1. The Balaban J connectivity index is 2.21. The van der Waals surface area contributed by atoms with Gasteiger partial charge in [0.15, 0.2) is 0 Å². The maximum Gasteiger partial charge on any atom is 0.262 e. The topological polar surface area (TPSA) is 52.9 Å². The fraction of sp³-hybridized carbons (Fsp3) is 0.111. The highest BCUT2D eigenvalue weighted by molar-refractivity contribution is 6.43. The minimum atomic E-state index is -0.458. The molecular weight excluding hydrogens is 331 g/mol. The van der Waals surface area contributed by atoms with E-state index in [1.807, 2.05) is 43.3 Å². The normalized spacial score (nSPS) is 12.3. The van der Waals surface area contributed by atoms with Crippen molar-refractivity contribution in [3.05, 3.63) is 75.3 Å². The standard InChI is InChI=1S/C18H14Cl2N2O/c1-12(13-6-3-2-4-7-13)22-18(23)15(11-21)10-14-8-5-9-16(19)17(14)20/h2-10,12H,1H3,(H,22,23)/b15-10+. The molecule has 0 aliphatic carbocycles. The molecule has 0 aliphatic heterocycles. The maximum atomic E-state index is 12.3. The Labute approximate surface area is 145 Å². The highest BCUT2D eigenvalue weighted by atomic mass is 35.5. The van der Waals surface area contributed by atoms with Crippen molar-refractivity contribution >= 4 is 35.2 Å². The second-order valence-electron chi connectivity index (χ2n) is 4.92. The second-order valence-corrected chi connectivity index (χ2v) is 5.70. The Kier molecular flexibility index (Phi) is 5.81. The third kappa shape index (κ3) is 4.35. The van der Waals surface area contributed by atoms with Crippen LogP contribution in [0.1, 0.15) is 24.1 Å². The van der Waals surface area contributed by atoms with Gasteiger partial charge < -0.3 is 5.32 Å². The molecule has 5 heteroatoms. The molecule has 0 saturated heterocycles. The molecule has 23 heavy (non-hydrogen) atoms. The molecule has 0 fully saturated rings. The van der Waals surface area contributed by atoms with Crippen LogP contribution in [0.4, 0.5) is 0 Å². The zero-order valence-electron chi connectivity index (χ0n) is 12.4. The Morgan fingerprint density at radius 3 is 2.52 bits per heavy atom. The Morgan fingerprint density at radius 1 is 1.17 bits per heavy atom. The summed E-state index contributed by atoms with van der Waals surface area (Å²) >= 11 is 12.0. The predicted molar refractivity (Wildman–Crippen MR) is 93.1 cm³/mol. The summed E-state index contributed by atoms with van der Waals surface area (Å²) < 4.78 is 0. The first-order chi connectivity index (χ1) is 11.0. The van der Waals surface area contributed by atoms with E-state index in [0.29, 0.717) is 15.6 Å². The van der Waals surface area contributed by atoms with Gasteiger partial charge in [0.25, 0.3) is 5.91 Å². The molecule has 1 N–H and O–H groups in total. The number of rotatable bonds is 4. The molecule has 0 bridgehead atoms. The van der Waals surface area contributed by atoms with Gasteiger partial charge in [-0.15, -0.1) is 0 Å². The molecule has 0 aromatic heterocycles. The van der Waals surface area contributed by atoms with E-state index in [-0.39, 0.29) is 11.6 Å². The molecule has 0 radical (unpaired) electrons. The van der Waals surface area contributed by atoms with Crippen molar-refractivity contribution in [3.63, 3.8) is 0 Å². The summed E-state index contributed by atoms with van der Waals surface area (Å²) in [4.78, 5) is 12.3. The van der Waals surface area contributed by atoms with Gasteiger partial charge in [-0.05, 0) is 30.2 Å².